The molecule has 3 heterocycles. The number of amides is 2. The fraction of sp³-hybridized carbons (Fsp3) is 0.588. The highest BCUT2D eigenvalue weighted by Crippen LogP contribution is 2.35. The van der Waals surface area contributed by atoms with Crippen LogP contribution in [-0.2, 0) is 0 Å². The normalized spacial score (nSPS) is 25.5. The minimum Gasteiger partial charge on any atom is -0.378 e. The van der Waals surface area contributed by atoms with Crippen molar-refractivity contribution >= 4 is 14.6 Å². The van der Waals surface area contributed by atoms with Gasteiger partial charge < -0.3 is 15.5 Å². The Morgan fingerprint density at radius 3 is 3.05 bits per heavy atom. The molecule has 4 nitrogen and oxygen atoms in total. The quantitative estimate of drug-likeness (QED) is 0.779. The fourth-order valence-corrected chi connectivity index (χ4v) is 4.35. The van der Waals surface area contributed by atoms with E-state index in [0.29, 0.717) is 5.78 Å². The number of hydrogen-bond acceptors (Lipinski definition) is 2. The summed E-state index contributed by atoms with van der Waals surface area (Å²) in [6, 6.07) is 0.0569. The lowest BCUT2D eigenvalue weighted by Crippen LogP contribution is -2.44. The molecule has 2 atom stereocenters. The van der Waals surface area contributed by atoms with Crippen LogP contribution in [0.25, 0.3) is 0 Å². The van der Waals surface area contributed by atoms with E-state index in [1.807, 2.05) is 11.1 Å². The largest absolute Gasteiger partial charge is 0.378 e. The molecule has 3 aliphatic rings. The van der Waals surface area contributed by atoms with E-state index in [0.717, 1.165) is 46.1 Å². The molecule has 0 aromatic carbocycles. The zero-order valence-electron chi connectivity index (χ0n) is 13.3. The van der Waals surface area contributed by atoms with Crippen molar-refractivity contribution in [3.05, 3.63) is 35.4 Å². The zero-order valence-corrected chi connectivity index (χ0v) is 14.3. The highest BCUT2D eigenvalue weighted by Gasteiger charge is 2.27. The predicted octanol–water partition coefficient (Wildman–Crippen LogP) is 3.50. The summed E-state index contributed by atoms with van der Waals surface area (Å²) in [5.74, 6) is 3.36. The lowest BCUT2D eigenvalue weighted by atomic mass is 9.92. The molecule has 5 heteroatoms. The molecule has 0 aromatic rings. The summed E-state index contributed by atoms with van der Waals surface area (Å²) >= 11 is 0. The third-order valence-electron chi connectivity index (χ3n) is 4.76. The zero-order chi connectivity index (χ0) is 15.4. The number of hydrogen-bond donors (Lipinski definition) is 2. The topological polar surface area (TPSA) is 44.4 Å². The summed E-state index contributed by atoms with van der Waals surface area (Å²) in [5.41, 5.74) is 2.16. The number of fused-ring (bicyclic) bond motifs is 1. The molecule has 1 saturated heterocycles. The number of unbranched alkanes of at least 4 members (excludes halogenated alkanes) is 1. The fourth-order valence-electron chi connectivity index (χ4n) is 3.34. The maximum atomic E-state index is 12.5. The highest BCUT2D eigenvalue weighted by molar-refractivity contribution is 7.43. The van der Waals surface area contributed by atoms with Gasteiger partial charge in [0.2, 0.25) is 0 Å². The van der Waals surface area contributed by atoms with Crippen LogP contribution in [0.2, 0.25) is 0 Å². The number of urea groups is 1. The monoisotopic (exact) mass is 319 g/mol. The lowest BCUT2D eigenvalue weighted by Gasteiger charge is -2.32. The standard InChI is InChI=1S/C17H26N3OP/c1-2-3-5-13-7-9-20(10-8-13)17(21)19-15-12-18-16-14(15)6-4-11-22-16/h4,6,11-13,16,18,22H,2-3,5,7-10H2,1H3,(H,19,21). The molecule has 2 unspecified atom stereocenters. The summed E-state index contributed by atoms with van der Waals surface area (Å²) in [6.45, 7) is 4.03. The third-order valence-corrected chi connectivity index (χ3v) is 5.96. The molecule has 0 saturated carbocycles. The summed E-state index contributed by atoms with van der Waals surface area (Å²) < 4.78 is 0. The van der Waals surface area contributed by atoms with Crippen molar-refractivity contribution in [2.24, 2.45) is 5.92 Å². The van der Waals surface area contributed by atoms with Gasteiger partial charge in [0.05, 0.1) is 11.5 Å². The molecular weight excluding hydrogens is 293 g/mol. The highest BCUT2D eigenvalue weighted by atomic mass is 31.1. The molecule has 0 radical (unpaired) electrons. The van der Waals surface area contributed by atoms with E-state index in [-0.39, 0.29) is 6.03 Å². The molecule has 2 amide bonds. The molecule has 0 bridgehead atoms. The van der Waals surface area contributed by atoms with E-state index in [9.17, 15) is 4.79 Å². The van der Waals surface area contributed by atoms with Crippen molar-refractivity contribution in [2.45, 2.75) is 44.8 Å². The van der Waals surface area contributed by atoms with Crippen LogP contribution in [0.3, 0.4) is 0 Å². The first kappa shape index (κ1) is 15.6. The van der Waals surface area contributed by atoms with Crippen molar-refractivity contribution in [3.8, 4) is 0 Å². The first-order chi connectivity index (χ1) is 10.8. The maximum absolute atomic E-state index is 12.5. The van der Waals surface area contributed by atoms with Crippen LogP contribution in [0, 0.1) is 5.92 Å². The van der Waals surface area contributed by atoms with Gasteiger partial charge in [-0.05, 0) is 18.8 Å². The minimum absolute atomic E-state index is 0.0569. The van der Waals surface area contributed by atoms with Crippen LogP contribution >= 0.6 is 8.58 Å². The molecule has 22 heavy (non-hydrogen) atoms. The van der Waals surface area contributed by atoms with Gasteiger partial charge in [-0.2, -0.15) is 0 Å². The van der Waals surface area contributed by atoms with Crippen LogP contribution in [-0.4, -0.2) is 29.8 Å². The Morgan fingerprint density at radius 2 is 2.27 bits per heavy atom. The van der Waals surface area contributed by atoms with E-state index < -0.39 is 0 Å². The molecule has 3 aliphatic heterocycles. The van der Waals surface area contributed by atoms with E-state index in [1.165, 1.54) is 24.8 Å². The molecule has 120 valence electrons. The van der Waals surface area contributed by atoms with Crippen molar-refractivity contribution in [1.29, 1.82) is 0 Å². The average Bonchev–Trinajstić information content (AvgIpc) is 2.96. The number of nitrogens with one attached hydrogen (secondary N) is 2. The Kier molecular flexibility index (Phi) is 5.20. The molecule has 3 rings (SSSR count). The molecule has 1 fully saturated rings. The van der Waals surface area contributed by atoms with E-state index in [1.54, 1.807) is 0 Å². The van der Waals surface area contributed by atoms with Crippen LogP contribution in [0.5, 0.6) is 0 Å². The second kappa shape index (κ2) is 7.32. The average molecular weight is 319 g/mol. The van der Waals surface area contributed by atoms with E-state index >= 15 is 0 Å². The van der Waals surface area contributed by atoms with Gasteiger partial charge >= 0.3 is 6.03 Å². The van der Waals surface area contributed by atoms with Crippen molar-refractivity contribution in [1.82, 2.24) is 15.5 Å². The molecule has 0 aliphatic carbocycles. The Labute approximate surface area is 134 Å². The number of piperidine rings is 1. The van der Waals surface area contributed by atoms with Gasteiger partial charge in [0, 0.05) is 24.9 Å². The Morgan fingerprint density at radius 1 is 1.45 bits per heavy atom. The number of carbonyl (C=O) groups excluding carboxylic acids is 1. The van der Waals surface area contributed by atoms with Crippen molar-refractivity contribution in [3.63, 3.8) is 0 Å². The number of likely N-dealkylation sites (tertiary alicyclic amines) is 1. The lowest BCUT2D eigenvalue weighted by molar-refractivity contribution is 0.170. The van der Waals surface area contributed by atoms with Gasteiger partial charge in [-0.15, -0.1) is 0 Å². The van der Waals surface area contributed by atoms with Crippen LogP contribution in [0.1, 0.15) is 39.0 Å². The summed E-state index contributed by atoms with van der Waals surface area (Å²) in [7, 11) is 0.744. The van der Waals surface area contributed by atoms with Crippen LogP contribution in [0.4, 0.5) is 4.79 Å². The molecule has 0 aromatic heterocycles. The Balaban J connectivity index is 1.49. The van der Waals surface area contributed by atoms with Gasteiger partial charge in [0.15, 0.2) is 0 Å². The van der Waals surface area contributed by atoms with E-state index in [4.69, 9.17) is 0 Å². The molecule has 2 N–H and O–H groups in total. The number of allylic oxidation sites excluding steroid dienone is 2. The minimum atomic E-state index is 0.0569. The smallest absolute Gasteiger partial charge is 0.321 e. The number of carbonyl (C=O) groups is 1. The van der Waals surface area contributed by atoms with Gasteiger partial charge in [0.1, 0.15) is 0 Å². The van der Waals surface area contributed by atoms with Crippen LogP contribution < -0.4 is 10.6 Å². The first-order valence-electron chi connectivity index (χ1n) is 8.43. The summed E-state index contributed by atoms with van der Waals surface area (Å²) in [5, 5.41) is 6.44. The van der Waals surface area contributed by atoms with Gasteiger partial charge in [-0.25, -0.2) is 4.79 Å². The number of nitrogens with zero attached hydrogens (tertiary/aromatic N) is 1. The first-order valence-corrected chi connectivity index (χ1v) is 9.58. The van der Waals surface area contributed by atoms with E-state index in [2.05, 4.69) is 35.5 Å². The second-order valence-electron chi connectivity index (χ2n) is 6.31. The predicted molar refractivity (Wildman–Crippen MR) is 92.9 cm³/mol. The van der Waals surface area contributed by atoms with Crippen molar-refractivity contribution < 1.29 is 4.79 Å². The Hall–Kier alpha value is -1.28. The molecule has 0 spiro atoms. The summed E-state index contributed by atoms with van der Waals surface area (Å²) in [6.07, 6.45) is 12.3. The van der Waals surface area contributed by atoms with Gasteiger partial charge in [0.25, 0.3) is 0 Å². The van der Waals surface area contributed by atoms with Crippen molar-refractivity contribution in [2.75, 3.05) is 13.1 Å². The number of rotatable bonds is 4. The summed E-state index contributed by atoms with van der Waals surface area (Å²) in [4.78, 5) is 14.4. The Bertz CT molecular complexity index is 504. The van der Waals surface area contributed by atoms with Crippen LogP contribution in [0.15, 0.2) is 35.4 Å². The SMILES string of the molecule is CCCCC1CCN(C(=O)NC2=CNC3PC=CC=C23)CC1. The maximum Gasteiger partial charge on any atom is 0.321 e. The molecular formula is C17H26N3OP. The van der Waals surface area contributed by atoms with Gasteiger partial charge in [-0.1, -0.05) is 52.7 Å². The van der Waals surface area contributed by atoms with Gasteiger partial charge in [-0.3, -0.25) is 0 Å². The second-order valence-corrected chi connectivity index (χ2v) is 7.55. The third kappa shape index (κ3) is 3.55.